The summed E-state index contributed by atoms with van der Waals surface area (Å²) >= 11 is 0. The van der Waals surface area contributed by atoms with Gasteiger partial charge in [0, 0.05) is 13.7 Å². The second kappa shape index (κ2) is 6.15. The predicted molar refractivity (Wildman–Crippen MR) is 67.4 cm³/mol. The molecule has 1 aromatic rings. The van der Waals surface area contributed by atoms with Crippen molar-refractivity contribution in [1.82, 2.24) is 5.48 Å². The lowest BCUT2D eigenvalue weighted by molar-refractivity contribution is -0.0858. The molecule has 1 aliphatic rings. The fourth-order valence-corrected chi connectivity index (χ4v) is 2.19. The van der Waals surface area contributed by atoms with Gasteiger partial charge < -0.3 is 4.74 Å². The summed E-state index contributed by atoms with van der Waals surface area (Å²) in [5, 5.41) is 0. The monoisotopic (exact) mass is 235 g/mol. The maximum Gasteiger partial charge on any atom is 0.0933 e. The molecule has 0 aromatic heterocycles. The average Bonchev–Trinajstić information content (AvgIpc) is 2.33. The summed E-state index contributed by atoms with van der Waals surface area (Å²) in [6, 6.07) is 10.2. The molecule has 94 valence electrons. The van der Waals surface area contributed by atoms with E-state index in [1.54, 1.807) is 0 Å². The van der Waals surface area contributed by atoms with Gasteiger partial charge in [0.2, 0.25) is 0 Å². The van der Waals surface area contributed by atoms with Gasteiger partial charge >= 0.3 is 0 Å². The molecule has 2 rings (SSSR count). The van der Waals surface area contributed by atoms with E-state index in [4.69, 9.17) is 9.57 Å². The molecule has 3 heteroatoms. The third kappa shape index (κ3) is 3.53. The Morgan fingerprint density at radius 3 is 2.59 bits per heavy atom. The highest BCUT2D eigenvalue weighted by Gasteiger charge is 2.36. The zero-order chi connectivity index (χ0) is 12.0. The zero-order valence-corrected chi connectivity index (χ0v) is 10.4. The van der Waals surface area contributed by atoms with Gasteiger partial charge in [-0.2, -0.15) is 0 Å². The fourth-order valence-electron chi connectivity index (χ4n) is 2.19. The standard InChI is InChI=1S/C14H21NO2/c1-16-14(8-5-9-14)10-11-15-17-12-13-6-3-2-4-7-13/h2-4,6-7,15H,5,8-12H2,1H3. The molecule has 0 radical (unpaired) electrons. The smallest absolute Gasteiger partial charge is 0.0933 e. The summed E-state index contributed by atoms with van der Waals surface area (Å²) in [5.74, 6) is 0. The molecular weight excluding hydrogens is 214 g/mol. The van der Waals surface area contributed by atoms with Crippen LogP contribution in [0.3, 0.4) is 0 Å². The van der Waals surface area contributed by atoms with E-state index in [-0.39, 0.29) is 5.60 Å². The highest BCUT2D eigenvalue weighted by Crippen LogP contribution is 2.37. The minimum absolute atomic E-state index is 0.128. The molecule has 0 amide bonds. The fraction of sp³-hybridized carbons (Fsp3) is 0.571. The maximum atomic E-state index is 5.54. The topological polar surface area (TPSA) is 30.5 Å². The van der Waals surface area contributed by atoms with E-state index < -0.39 is 0 Å². The van der Waals surface area contributed by atoms with Crippen molar-refractivity contribution in [3.8, 4) is 0 Å². The van der Waals surface area contributed by atoms with Crippen molar-refractivity contribution < 1.29 is 9.57 Å². The van der Waals surface area contributed by atoms with Gasteiger partial charge in [-0.15, -0.1) is 0 Å². The SMILES string of the molecule is COC1(CCNOCc2ccccc2)CCC1. The number of benzene rings is 1. The second-order valence-electron chi connectivity index (χ2n) is 4.66. The minimum atomic E-state index is 0.128. The van der Waals surface area contributed by atoms with E-state index >= 15 is 0 Å². The first-order valence-electron chi connectivity index (χ1n) is 6.28. The molecule has 1 N–H and O–H groups in total. The van der Waals surface area contributed by atoms with Gasteiger partial charge in [-0.1, -0.05) is 30.3 Å². The van der Waals surface area contributed by atoms with E-state index in [0.29, 0.717) is 6.61 Å². The van der Waals surface area contributed by atoms with E-state index in [1.807, 2.05) is 25.3 Å². The zero-order valence-electron chi connectivity index (χ0n) is 10.4. The molecule has 0 atom stereocenters. The average molecular weight is 235 g/mol. The summed E-state index contributed by atoms with van der Waals surface area (Å²) in [5.41, 5.74) is 4.33. The first kappa shape index (κ1) is 12.6. The van der Waals surface area contributed by atoms with Crippen LogP contribution >= 0.6 is 0 Å². The molecule has 1 fully saturated rings. The first-order chi connectivity index (χ1) is 8.35. The first-order valence-corrected chi connectivity index (χ1v) is 6.28. The Labute approximate surface area is 103 Å². The second-order valence-corrected chi connectivity index (χ2v) is 4.66. The van der Waals surface area contributed by atoms with Crippen molar-refractivity contribution in [2.45, 2.75) is 37.9 Å². The van der Waals surface area contributed by atoms with Gasteiger partial charge in [-0.05, 0) is 31.2 Å². The van der Waals surface area contributed by atoms with E-state index in [9.17, 15) is 0 Å². The number of rotatable bonds is 7. The van der Waals surface area contributed by atoms with Gasteiger partial charge in [0.1, 0.15) is 0 Å². The normalized spacial score (nSPS) is 17.7. The highest BCUT2D eigenvalue weighted by atomic mass is 16.6. The Hall–Kier alpha value is -0.900. The van der Waals surface area contributed by atoms with Crippen molar-refractivity contribution in [3.63, 3.8) is 0 Å². The third-order valence-electron chi connectivity index (χ3n) is 3.56. The lowest BCUT2D eigenvalue weighted by atomic mass is 9.77. The Bertz CT molecular complexity index is 317. The van der Waals surface area contributed by atoms with Gasteiger partial charge in [-0.3, -0.25) is 4.84 Å². The molecule has 0 spiro atoms. The quantitative estimate of drug-likeness (QED) is 0.582. The number of hydrogen-bond acceptors (Lipinski definition) is 3. The van der Waals surface area contributed by atoms with Crippen LogP contribution in [0, 0.1) is 0 Å². The van der Waals surface area contributed by atoms with Crippen LogP contribution in [0.5, 0.6) is 0 Å². The van der Waals surface area contributed by atoms with E-state index in [1.165, 1.54) is 24.8 Å². The summed E-state index contributed by atoms with van der Waals surface area (Å²) < 4.78 is 5.54. The van der Waals surface area contributed by atoms with Crippen molar-refractivity contribution in [1.29, 1.82) is 0 Å². The molecule has 0 aliphatic heterocycles. The summed E-state index contributed by atoms with van der Waals surface area (Å²) in [6.45, 7) is 1.46. The number of nitrogens with one attached hydrogen (secondary N) is 1. The molecular formula is C14H21NO2. The number of hydroxylamine groups is 1. The molecule has 0 bridgehead atoms. The van der Waals surface area contributed by atoms with Gasteiger partial charge in [0.25, 0.3) is 0 Å². The van der Waals surface area contributed by atoms with Crippen molar-refractivity contribution in [2.24, 2.45) is 0 Å². The van der Waals surface area contributed by atoms with Crippen LogP contribution in [0.25, 0.3) is 0 Å². The van der Waals surface area contributed by atoms with E-state index in [0.717, 1.165) is 13.0 Å². The minimum Gasteiger partial charge on any atom is -0.378 e. The van der Waals surface area contributed by atoms with Crippen LogP contribution in [0.4, 0.5) is 0 Å². The Morgan fingerprint density at radius 2 is 2.00 bits per heavy atom. The van der Waals surface area contributed by atoms with Gasteiger partial charge in [0.15, 0.2) is 0 Å². The molecule has 1 aromatic carbocycles. The Morgan fingerprint density at radius 1 is 1.24 bits per heavy atom. The molecule has 0 unspecified atom stereocenters. The molecule has 3 nitrogen and oxygen atoms in total. The van der Waals surface area contributed by atoms with E-state index in [2.05, 4.69) is 17.6 Å². The summed E-state index contributed by atoms with van der Waals surface area (Å²) in [6.07, 6.45) is 4.69. The largest absolute Gasteiger partial charge is 0.378 e. The van der Waals surface area contributed by atoms with Crippen LogP contribution < -0.4 is 5.48 Å². The van der Waals surface area contributed by atoms with Crippen molar-refractivity contribution >= 4 is 0 Å². The third-order valence-corrected chi connectivity index (χ3v) is 3.56. The van der Waals surface area contributed by atoms with Crippen LogP contribution in [-0.4, -0.2) is 19.3 Å². The highest BCUT2D eigenvalue weighted by molar-refractivity contribution is 5.13. The van der Waals surface area contributed by atoms with Gasteiger partial charge in [-0.25, -0.2) is 5.48 Å². The van der Waals surface area contributed by atoms with Gasteiger partial charge in [0.05, 0.1) is 12.2 Å². The molecule has 1 aliphatic carbocycles. The number of ether oxygens (including phenoxy) is 1. The molecule has 1 saturated carbocycles. The van der Waals surface area contributed by atoms with Crippen molar-refractivity contribution in [3.05, 3.63) is 35.9 Å². The maximum absolute atomic E-state index is 5.54. The van der Waals surface area contributed by atoms with Crippen LogP contribution in [0.2, 0.25) is 0 Å². The van der Waals surface area contributed by atoms with Crippen LogP contribution in [-0.2, 0) is 16.2 Å². The van der Waals surface area contributed by atoms with Crippen LogP contribution in [0.15, 0.2) is 30.3 Å². The molecule has 17 heavy (non-hydrogen) atoms. The number of methoxy groups -OCH3 is 1. The van der Waals surface area contributed by atoms with Crippen molar-refractivity contribution in [2.75, 3.05) is 13.7 Å². The number of hydrogen-bond donors (Lipinski definition) is 1. The Kier molecular flexibility index (Phi) is 4.54. The van der Waals surface area contributed by atoms with Crippen LogP contribution in [0.1, 0.15) is 31.2 Å². The predicted octanol–water partition coefficient (Wildman–Crippen LogP) is 2.67. The molecule has 0 saturated heterocycles. The Balaban J connectivity index is 1.58. The lowest BCUT2D eigenvalue weighted by Crippen LogP contribution is -2.41. The summed E-state index contributed by atoms with van der Waals surface area (Å²) in [7, 11) is 1.81. The lowest BCUT2D eigenvalue weighted by Gasteiger charge is -2.40. The molecule has 0 heterocycles. The summed E-state index contributed by atoms with van der Waals surface area (Å²) in [4.78, 5) is 5.42.